The lowest BCUT2D eigenvalue weighted by Gasteiger charge is -2.19. The predicted molar refractivity (Wildman–Crippen MR) is 133 cm³/mol. The van der Waals surface area contributed by atoms with Gasteiger partial charge >= 0.3 is 0 Å². The van der Waals surface area contributed by atoms with E-state index in [1.165, 1.54) is 0 Å². The van der Waals surface area contributed by atoms with E-state index in [9.17, 15) is 9.90 Å². The number of aliphatic hydroxyl groups is 1. The molecule has 2 heterocycles. The number of hydrogen-bond acceptors (Lipinski definition) is 4. The average molecular weight is 454 g/mol. The highest BCUT2D eigenvalue weighted by molar-refractivity contribution is 5.97. The number of fused-ring (bicyclic) bond motifs is 1. The second kappa shape index (κ2) is 10.7. The molecule has 0 radical (unpaired) electrons. The van der Waals surface area contributed by atoms with Crippen LogP contribution < -0.4 is 10.1 Å². The van der Waals surface area contributed by atoms with Crippen LogP contribution in [0.2, 0.25) is 0 Å². The summed E-state index contributed by atoms with van der Waals surface area (Å²) in [5.74, 6) is 6.29. The molecule has 1 amide bonds. The van der Waals surface area contributed by atoms with Crippen LogP contribution >= 0.6 is 0 Å². The summed E-state index contributed by atoms with van der Waals surface area (Å²) >= 11 is 0. The fourth-order valence-electron chi connectivity index (χ4n) is 3.71. The molecule has 0 aliphatic heterocycles. The van der Waals surface area contributed by atoms with Gasteiger partial charge in [-0.2, -0.15) is 0 Å². The molecule has 0 saturated heterocycles. The lowest BCUT2D eigenvalue weighted by molar-refractivity contribution is 0.0910. The van der Waals surface area contributed by atoms with Gasteiger partial charge in [0, 0.05) is 40.6 Å². The number of aliphatic hydroxyl groups excluding tert-OH is 1. The van der Waals surface area contributed by atoms with E-state index in [1.807, 2.05) is 62.5 Å². The molecule has 2 aromatic carbocycles. The maximum absolute atomic E-state index is 13.3. The molecule has 0 aliphatic rings. The number of carbonyl (C=O) groups excluding carboxylic acids is 1. The first-order chi connectivity index (χ1) is 16.5. The molecule has 0 aliphatic carbocycles. The fourth-order valence-corrected chi connectivity index (χ4v) is 3.71. The highest BCUT2D eigenvalue weighted by Gasteiger charge is 2.19. The zero-order chi connectivity index (χ0) is 23.9. The third kappa shape index (κ3) is 5.64. The monoisotopic (exact) mass is 453 g/mol. The number of para-hydroxylation sites is 1. The molecule has 0 unspecified atom stereocenters. The van der Waals surface area contributed by atoms with Crippen molar-refractivity contribution in [3.63, 3.8) is 0 Å². The molecule has 172 valence electrons. The first kappa shape index (κ1) is 23.1. The molecule has 0 spiro atoms. The summed E-state index contributed by atoms with van der Waals surface area (Å²) in [7, 11) is 0. The minimum Gasteiger partial charge on any atom is -0.490 e. The smallest absolute Gasteiger partial charge is 0.255 e. The van der Waals surface area contributed by atoms with Crippen LogP contribution in [0.15, 0.2) is 73.2 Å². The van der Waals surface area contributed by atoms with Crippen molar-refractivity contribution < 1.29 is 14.6 Å². The van der Waals surface area contributed by atoms with Crippen molar-refractivity contribution in [3.8, 4) is 17.6 Å². The zero-order valence-corrected chi connectivity index (χ0v) is 19.2. The third-order valence-corrected chi connectivity index (χ3v) is 5.30. The standard InChI is InChI=1S/C28H27N3O3/c1-19(2)34-27-12-11-20(9-10-21-6-5-13-29-16-21)14-25(27)28(33)31-23(18-32)15-22-17-30-26-8-4-3-7-24(22)26/h3-8,11-14,16-17,19,23,30,32H,15,18H2,1-2H3,(H,31,33)/t23-/m1/s1. The Morgan fingerprint density at radius 1 is 1.12 bits per heavy atom. The summed E-state index contributed by atoms with van der Waals surface area (Å²) in [6.07, 6.45) is 5.69. The van der Waals surface area contributed by atoms with Gasteiger partial charge in [-0.25, -0.2) is 0 Å². The quantitative estimate of drug-likeness (QED) is 0.368. The molecule has 0 saturated carbocycles. The van der Waals surface area contributed by atoms with Crippen molar-refractivity contribution >= 4 is 16.8 Å². The van der Waals surface area contributed by atoms with Crippen LogP contribution in [0, 0.1) is 11.8 Å². The Kier molecular flexibility index (Phi) is 7.26. The first-order valence-electron chi connectivity index (χ1n) is 11.2. The summed E-state index contributed by atoms with van der Waals surface area (Å²) in [5, 5.41) is 14.0. The Morgan fingerprint density at radius 3 is 2.71 bits per heavy atom. The molecular formula is C28H27N3O3. The normalized spacial score (nSPS) is 11.6. The van der Waals surface area contributed by atoms with Crippen LogP contribution in [0.1, 0.15) is 40.9 Å². The summed E-state index contributed by atoms with van der Waals surface area (Å²) in [6.45, 7) is 3.63. The minimum absolute atomic E-state index is 0.0984. The Balaban J connectivity index is 1.57. The lowest BCUT2D eigenvalue weighted by atomic mass is 10.0. The maximum atomic E-state index is 13.3. The molecule has 4 aromatic rings. The van der Waals surface area contributed by atoms with E-state index < -0.39 is 6.04 Å². The maximum Gasteiger partial charge on any atom is 0.255 e. The van der Waals surface area contributed by atoms with Crippen LogP contribution in [0.4, 0.5) is 0 Å². The molecule has 2 aromatic heterocycles. The SMILES string of the molecule is CC(C)Oc1ccc(C#Cc2cccnc2)cc1C(=O)N[C@@H](CO)Cc1c[nH]c2ccccc12. The van der Waals surface area contributed by atoms with E-state index in [0.29, 0.717) is 23.3 Å². The molecule has 1 atom stereocenters. The second-order valence-corrected chi connectivity index (χ2v) is 8.29. The number of ether oxygens (including phenoxy) is 1. The number of aromatic amines is 1. The van der Waals surface area contributed by atoms with Crippen molar-refractivity contribution in [2.24, 2.45) is 0 Å². The van der Waals surface area contributed by atoms with Gasteiger partial charge in [-0.15, -0.1) is 0 Å². The number of carbonyl (C=O) groups is 1. The number of H-pyrrole nitrogens is 1. The molecule has 0 fully saturated rings. The first-order valence-corrected chi connectivity index (χ1v) is 11.2. The van der Waals surface area contributed by atoms with Gasteiger partial charge in [0.05, 0.1) is 24.3 Å². The lowest BCUT2D eigenvalue weighted by Crippen LogP contribution is -2.39. The molecule has 0 bridgehead atoms. The summed E-state index contributed by atoms with van der Waals surface area (Å²) < 4.78 is 5.88. The van der Waals surface area contributed by atoms with Crippen molar-refractivity contribution in [2.45, 2.75) is 32.4 Å². The van der Waals surface area contributed by atoms with Crippen molar-refractivity contribution in [3.05, 3.63) is 95.4 Å². The molecule has 34 heavy (non-hydrogen) atoms. The summed E-state index contributed by atoms with van der Waals surface area (Å²) in [6, 6.07) is 16.5. The van der Waals surface area contributed by atoms with Crippen LogP contribution in [0.5, 0.6) is 5.75 Å². The topological polar surface area (TPSA) is 87.2 Å². The van der Waals surface area contributed by atoms with E-state index in [-0.39, 0.29) is 18.6 Å². The minimum atomic E-state index is -0.455. The van der Waals surface area contributed by atoms with E-state index in [4.69, 9.17) is 4.74 Å². The molecule has 3 N–H and O–H groups in total. The van der Waals surface area contributed by atoms with Gasteiger partial charge in [-0.1, -0.05) is 30.0 Å². The van der Waals surface area contributed by atoms with Gasteiger partial charge in [-0.05, 0) is 62.2 Å². The number of benzene rings is 2. The van der Waals surface area contributed by atoms with Crippen LogP contribution in [0.3, 0.4) is 0 Å². The van der Waals surface area contributed by atoms with Gasteiger partial charge < -0.3 is 20.1 Å². The predicted octanol–water partition coefficient (Wildman–Crippen LogP) is 4.08. The number of hydrogen-bond donors (Lipinski definition) is 3. The van der Waals surface area contributed by atoms with Gasteiger partial charge in [0.2, 0.25) is 0 Å². The van der Waals surface area contributed by atoms with Gasteiger partial charge in [0.1, 0.15) is 5.75 Å². The molecule has 6 heteroatoms. The summed E-state index contributed by atoms with van der Waals surface area (Å²) in [4.78, 5) is 20.6. The van der Waals surface area contributed by atoms with Crippen LogP contribution in [0.25, 0.3) is 10.9 Å². The largest absolute Gasteiger partial charge is 0.490 e. The third-order valence-electron chi connectivity index (χ3n) is 5.30. The zero-order valence-electron chi connectivity index (χ0n) is 19.2. The second-order valence-electron chi connectivity index (χ2n) is 8.29. The number of nitrogens with zero attached hydrogens (tertiary/aromatic N) is 1. The number of amides is 1. The van der Waals surface area contributed by atoms with Gasteiger partial charge in [0.25, 0.3) is 5.91 Å². The van der Waals surface area contributed by atoms with Crippen LogP contribution in [-0.4, -0.2) is 39.7 Å². The highest BCUT2D eigenvalue weighted by Crippen LogP contribution is 2.23. The Hall–Kier alpha value is -4.08. The number of nitrogens with one attached hydrogen (secondary N) is 2. The Bertz CT molecular complexity index is 1330. The summed E-state index contributed by atoms with van der Waals surface area (Å²) in [5.41, 5.74) is 3.90. The van der Waals surface area contributed by atoms with Gasteiger partial charge in [0.15, 0.2) is 0 Å². The number of rotatable bonds is 7. The molecular weight excluding hydrogens is 426 g/mol. The van der Waals surface area contributed by atoms with Crippen LogP contribution in [-0.2, 0) is 6.42 Å². The molecule has 6 nitrogen and oxygen atoms in total. The number of aromatic nitrogens is 2. The molecule has 4 rings (SSSR count). The Labute approximate surface area is 199 Å². The van der Waals surface area contributed by atoms with E-state index >= 15 is 0 Å². The fraction of sp³-hybridized carbons (Fsp3) is 0.214. The average Bonchev–Trinajstić information content (AvgIpc) is 3.26. The Morgan fingerprint density at radius 2 is 1.94 bits per heavy atom. The van der Waals surface area contributed by atoms with Crippen molar-refractivity contribution in [2.75, 3.05) is 6.61 Å². The van der Waals surface area contributed by atoms with E-state index in [1.54, 1.807) is 24.5 Å². The van der Waals surface area contributed by atoms with Crippen molar-refractivity contribution in [1.82, 2.24) is 15.3 Å². The van der Waals surface area contributed by atoms with E-state index in [2.05, 4.69) is 27.1 Å². The van der Waals surface area contributed by atoms with Crippen molar-refractivity contribution in [1.29, 1.82) is 0 Å². The van der Waals surface area contributed by atoms with E-state index in [0.717, 1.165) is 22.0 Å². The highest BCUT2D eigenvalue weighted by atomic mass is 16.5. The number of pyridine rings is 1. The van der Waals surface area contributed by atoms with Gasteiger partial charge in [-0.3, -0.25) is 9.78 Å².